The van der Waals surface area contributed by atoms with Gasteiger partial charge in [0.25, 0.3) is 0 Å². The molecule has 0 unspecified atom stereocenters. The summed E-state index contributed by atoms with van der Waals surface area (Å²) in [4.78, 5) is 9.89. The highest BCUT2D eigenvalue weighted by Crippen LogP contribution is 1.70. The van der Waals surface area contributed by atoms with E-state index in [2.05, 4.69) is 9.92 Å². The summed E-state index contributed by atoms with van der Waals surface area (Å²) in [5, 5.41) is 0. The van der Waals surface area contributed by atoms with Crippen LogP contribution < -0.4 is 5.73 Å². The van der Waals surface area contributed by atoms with Crippen LogP contribution in [0.4, 0.5) is 0 Å². The summed E-state index contributed by atoms with van der Waals surface area (Å²) >= 11 is 0. The second-order valence-electron chi connectivity index (χ2n) is 0.891. The number of hydrogen-bond acceptors (Lipinski definition) is 5. The molecule has 0 bridgehead atoms. The van der Waals surface area contributed by atoms with Crippen molar-refractivity contribution in [2.75, 3.05) is 6.54 Å². The normalized spacial score (nSPS) is 9.25. The highest BCUT2D eigenvalue weighted by molar-refractivity contribution is 7.67. The van der Waals surface area contributed by atoms with E-state index in [4.69, 9.17) is 0 Å². The second-order valence-corrected chi connectivity index (χ2v) is 1.52. The molecule has 0 heterocycles. The van der Waals surface area contributed by atoms with Crippen LogP contribution in [-0.4, -0.2) is 20.9 Å². The predicted octanol–water partition coefficient (Wildman–Crippen LogP) is -1.99. The molecular formula is C2H5NO4S. The molecule has 0 atom stereocenters. The molecule has 0 saturated heterocycles. The average Bonchev–Trinajstić information content (AvgIpc) is 1.65. The predicted molar refractivity (Wildman–Crippen MR) is 25.5 cm³/mol. The first kappa shape index (κ1) is 7.38. The van der Waals surface area contributed by atoms with Crippen LogP contribution in [0, 0.1) is 0 Å². The SMILES string of the molecule is NCC(=O)O[SH](=O)=O. The molecule has 6 heteroatoms. The second kappa shape index (κ2) is 3.39. The minimum atomic E-state index is -3.08. The van der Waals surface area contributed by atoms with Crippen molar-refractivity contribution in [1.29, 1.82) is 0 Å². The molecule has 5 nitrogen and oxygen atoms in total. The Morgan fingerprint density at radius 1 is 1.62 bits per heavy atom. The largest absolute Gasteiger partial charge is 0.346 e. The first-order valence-corrected chi connectivity index (χ1v) is 2.81. The Bertz CT molecular complexity index is 142. The van der Waals surface area contributed by atoms with Crippen LogP contribution in [-0.2, 0) is 20.0 Å². The third kappa shape index (κ3) is 3.57. The summed E-state index contributed by atoms with van der Waals surface area (Å²) in [6, 6.07) is 0. The fourth-order valence-electron chi connectivity index (χ4n) is 0.120. The van der Waals surface area contributed by atoms with Crippen molar-refractivity contribution >= 4 is 17.0 Å². The van der Waals surface area contributed by atoms with Gasteiger partial charge in [-0.2, -0.15) is 8.42 Å². The third-order valence-corrected chi connectivity index (χ3v) is 0.696. The van der Waals surface area contributed by atoms with Crippen molar-refractivity contribution in [3.05, 3.63) is 0 Å². The molecule has 48 valence electrons. The fraction of sp³-hybridized carbons (Fsp3) is 0.500. The zero-order chi connectivity index (χ0) is 6.57. The van der Waals surface area contributed by atoms with Crippen molar-refractivity contribution in [3.63, 3.8) is 0 Å². The number of thiol groups is 1. The van der Waals surface area contributed by atoms with Crippen LogP contribution in [0.2, 0.25) is 0 Å². The lowest BCUT2D eigenvalue weighted by Crippen LogP contribution is -2.15. The Kier molecular flexibility index (Phi) is 3.13. The lowest BCUT2D eigenvalue weighted by molar-refractivity contribution is -0.131. The van der Waals surface area contributed by atoms with Gasteiger partial charge in [-0.25, -0.2) is 4.79 Å². The summed E-state index contributed by atoms with van der Waals surface area (Å²) in [6.07, 6.45) is 0. The van der Waals surface area contributed by atoms with Gasteiger partial charge in [0.2, 0.25) is 0 Å². The molecule has 0 saturated carbocycles. The van der Waals surface area contributed by atoms with Crippen molar-refractivity contribution in [2.24, 2.45) is 5.73 Å². The first-order valence-electron chi connectivity index (χ1n) is 1.72. The van der Waals surface area contributed by atoms with Crippen molar-refractivity contribution in [3.8, 4) is 0 Å². The number of nitrogens with two attached hydrogens (primary N) is 1. The highest BCUT2D eigenvalue weighted by atomic mass is 32.2. The molecule has 0 fully saturated rings. The van der Waals surface area contributed by atoms with Gasteiger partial charge < -0.3 is 9.92 Å². The minimum Gasteiger partial charge on any atom is -0.346 e. The maximum Gasteiger partial charge on any atom is 0.335 e. The van der Waals surface area contributed by atoms with Crippen molar-refractivity contribution in [1.82, 2.24) is 0 Å². The molecule has 2 N–H and O–H groups in total. The Balaban J connectivity index is 3.56. The Morgan fingerprint density at radius 3 is 2.25 bits per heavy atom. The fourth-order valence-corrected chi connectivity index (χ4v) is 0.361. The number of rotatable bonds is 2. The summed E-state index contributed by atoms with van der Waals surface area (Å²) in [5.41, 5.74) is 4.68. The number of hydrogen-bond donors (Lipinski definition) is 2. The van der Waals surface area contributed by atoms with Gasteiger partial charge in [0.15, 0.2) is 0 Å². The van der Waals surface area contributed by atoms with E-state index in [1.54, 1.807) is 0 Å². The standard InChI is InChI=1S/C2H5NO4S/c3-1-2(4)7-8(5)6/h8H,1,3H2. The van der Waals surface area contributed by atoms with Crippen LogP contribution in [0.1, 0.15) is 0 Å². The van der Waals surface area contributed by atoms with Gasteiger partial charge in [0, 0.05) is 0 Å². The van der Waals surface area contributed by atoms with Crippen LogP contribution in [0.15, 0.2) is 0 Å². The molecule has 0 aliphatic heterocycles. The minimum absolute atomic E-state index is 0.413. The van der Waals surface area contributed by atoms with Crippen LogP contribution in [0.3, 0.4) is 0 Å². The quantitative estimate of drug-likeness (QED) is 0.433. The molecule has 0 amide bonds. The third-order valence-electron chi connectivity index (χ3n) is 0.343. The molecule has 0 spiro atoms. The number of carbonyl (C=O) groups is 1. The van der Waals surface area contributed by atoms with Crippen molar-refractivity contribution in [2.45, 2.75) is 0 Å². The maximum absolute atomic E-state index is 9.89. The summed E-state index contributed by atoms with van der Waals surface area (Å²) in [5.74, 6) is -0.943. The Hall–Kier alpha value is -0.620. The molecule has 0 rings (SSSR count). The smallest absolute Gasteiger partial charge is 0.335 e. The van der Waals surface area contributed by atoms with Gasteiger partial charge in [0.05, 0.1) is 6.54 Å². The molecule has 0 aliphatic carbocycles. The van der Waals surface area contributed by atoms with Gasteiger partial charge in [-0.05, 0) is 0 Å². The topological polar surface area (TPSA) is 86.5 Å². The summed E-state index contributed by atoms with van der Waals surface area (Å²) in [6.45, 7) is -0.413. The highest BCUT2D eigenvalue weighted by Gasteiger charge is 1.96. The Labute approximate surface area is 47.6 Å². The van der Waals surface area contributed by atoms with E-state index in [0.29, 0.717) is 0 Å². The van der Waals surface area contributed by atoms with Crippen LogP contribution >= 0.6 is 0 Å². The van der Waals surface area contributed by atoms with E-state index in [0.717, 1.165) is 0 Å². The zero-order valence-corrected chi connectivity index (χ0v) is 4.76. The maximum atomic E-state index is 9.89. The molecule has 0 aromatic carbocycles. The van der Waals surface area contributed by atoms with E-state index in [1.807, 2.05) is 0 Å². The molecular weight excluding hydrogens is 134 g/mol. The Morgan fingerprint density at radius 2 is 2.12 bits per heavy atom. The monoisotopic (exact) mass is 139 g/mol. The van der Waals surface area contributed by atoms with E-state index >= 15 is 0 Å². The lowest BCUT2D eigenvalue weighted by Gasteiger charge is -1.87. The van der Waals surface area contributed by atoms with Crippen LogP contribution in [0.25, 0.3) is 0 Å². The molecule has 0 aromatic rings. The van der Waals surface area contributed by atoms with Crippen LogP contribution in [0.5, 0.6) is 0 Å². The van der Waals surface area contributed by atoms with Gasteiger partial charge >= 0.3 is 17.0 Å². The van der Waals surface area contributed by atoms with Gasteiger partial charge in [0.1, 0.15) is 0 Å². The van der Waals surface area contributed by atoms with E-state index in [1.165, 1.54) is 0 Å². The molecule has 8 heavy (non-hydrogen) atoms. The zero-order valence-electron chi connectivity index (χ0n) is 3.86. The van der Waals surface area contributed by atoms with Crippen molar-refractivity contribution < 1.29 is 17.4 Å². The van der Waals surface area contributed by atoms with E-state index < -0.39 is 23.5 Å². The van der Waals surface area contributed by atoms with Gasteiger partial charge in [-0.15, -0.1) is 0 Å². The van der Waals surface area contributed by atoms with Gasteiger partial charge in [-0.3, -0.25) is 0 Å². The lowest BCUT2D eigenvalue weighted by atomic mass is 10.7. The van der Waals surface area contributed by atoms with E-state index in [-0.39, 0.29) is 0 Å². The summed E-state index contributed by atoms with van der Waals surface area (Å²) in [7, 11) is -3.08. The number of carbonyl (C=O) groups excluding carboxylic acids is 1. The molecule has 0 radical (unpaired) electrons. The molecule has 0 aromatic heterocycles. The first-order chi connectivity index (χ1) is 3.66. The van der Waals surface area contributed by atoms with Gasteiger partial charge in [-0.1, -0.05) is 0 Å². The average molecular weight is 139 g/mol. The summed E-state index contributed by atoms with van der Waals surface area (Å²) < 4.78 is 22.6. The van der Waals surface area contributed by atoms with E-state index in [9.17, 15) is 13.2 Å². The molecule has 0 aliphatic rings.